The van der Waals surface area contributed by atoms with E-state index in [-0.39, 0.29) is 0 Å². The third-order valence-electron chi connectivity index (χ3n) is 10.1. The Morgan fingerprint density at radius 3 is 0.846 bits per heavy atom. The van der Waals surface area contributed by atoms with Gasteiger partial charge in [0.2, 0.25) is 72.6 Å². The maximum absolute atomic E-state index is 6.11. The first kappa shape index (κ1) is 34.7. The summed E-state index contributed by atoms with van der Waals surface area (Å²) in [4.78, 5) is 24.4. The van der Waals surface area contributed by atoms with Crippen LogP contribution in [0.2, 0.25) is 0 Å². The maximum Gasteiger partial charge on any atom is 0.223 e. The van der Waals surface area contributed by atoms with Gasteiger partial charge in [-0.15, -0.1) is 0 Å². The van der Waals surface area contributed by atoms with Crippen LogP contribution in [0.15, 0.2) is 147 Å². The fourth-order valence-corrected chi connectivity index (χ4v) is 6.95. The summed E-state index contributed by atoms with van der Waals surface area (Å²) in [5.74, 6) is 4.51. The van der Waals surface area contributed by atoms with Crippen molar-refractivity contribution in [2.24, 2.45) is 0 Å². The van der Waals surface area contributed by atoms with Crippen LogP contribution in [0.4, 0.5) is 0 Å². The van der Waals surface area contributed by atoms with Crippen molar-refractivity contribution >= 4 is 0 Å². The van der Waals surface area contributed by atoms with Crippen molar-refractivity contribution in [3.63, 3.8) is 0 Å². The SMILES string of the molecule is CCC1CC(C)c2cc[n+](cc2)Oc2ccc(cc2)O[n+]2ccc(cc2)C(CC)CC(C)c2cc[n+](cc2)Oc2ccc(cc2)O[n+]2ccc1cc2. The minimum atomic E-state index is 0.377. The molecule has 4 aromatic heterocycles. The molecule has 0 N–H and O–H groups in total. The maximum atomic E-state index is 6.11. The van der Waals surface area contributed by atoms with Crippen LogP contribution in [0.3, 0.4) is 0 Å². The normalized spacial score (nSPS) is 19.0. The van der Waals surface area contributed by atoms with E-state index in [1.54, 1.807) is 18.9 Å². The molecule has 264 valence electrons. The first-order valence-corrected chi connectivity index (χ1v) is 18.4. The molecule has 14 heterocycles. The molecule has 0 radical (unpaired) electrons. The second kappa shape index (κ2) is 16.1. The zero-order valence-electron chi connectivity index (χ0n) is 30.4. The lowest BCUT2D eigenvalue weighted by Gasteiger charge is -2.19. The van der Waals surface area contributed by atoms with Gasteiger partial charge in [0.05, 0.1) is 0 Å². The lowest BCUT2D eigenvalue weighted by atomic mass is 9.85. The average molecular weight is 697 g/mol. The predicted octanol–water partition coefficient (Wildman–Crippen LogP) is 7.89. The largest absolute Gasteiger partial charge is 0.232 e. The summed E-state index contributed by atoms with van der Waals surface area (Å²) in [6, 6.07) is 32.5. The van der Waals surface area contributed by atoms with E-state index < -0.39 is 0 Å². The molecule has 0 amide bonds. The van der Waals surface area contributed by atoms with Crippen molar-refractivity contribution in [3.8, 4) is 23.0 Å². The summed E-state index contributed by atoms with van der Waals surface area (Å²) < 4.78 is 6.95. The molecule has 0 spiro atoms. The van der Waals surface area contributed by atoms with Crippen LogP contribution in [-0.4, -0.2) is 0 Å². The number of nitrogens with zero attached hydrogens (tertiary/aromatic N) is 4. The van der Waals surface area contributed by atoms with Gasteiger partial charge in [-0.05, 0) is 120 Å². The summed E-state index contributed by atoms with van der Waals surface area (Å²) in [5.41, 5.74) is 5.16. The Hall–Kier alpha value is -5.76. The molecule has 0 aliphatic carbocycles. The Balaban J connectivity index is 1.12. The van der Waals surface area contributed by atoms with E-state index in [1.807, 2.05) is 98.1 Å². The highest BCUT2D eigenvalue weighted by Crippen LogP contribution is 2.33. The quantitative estimate of drug-likeness (QED) is 0.173. The van der Waals surface area contributed by atoms with Gasteiger partial charge in [-0.25, -0.2) is 19.4 Å². The number of rotatable bonds is 2. The molecule has 4 atom stereocenters. The molecule has 52 heavy (non-hydrogen) atoms. The molecule has 0 saturated heterocycles. The molecule has 16 rings (SSSR count). The number of hydrogen-bond donors (Lipinski definition) is 0. The molecular weight excluding hydrogens is 649 g/mol. The first-order chi connectivity index (χ1) is 25.4. The summed E-state index contributed by atoms with van der Waals surface area (Å²) >= 11 is 0. The smallest absolute Gasteiger partial charge is 0.223 e. The van der Waals surface area contributed by atoms with Gasteiger partial charge in [0.15, 0.2) is 0 Å². The summed E-state index contributed by atoms with van der Waals surface area (Å²) in [5, 5.41) is 0. The van der Waals surface area contributed by atoms with Gasteiger partial charge in [0.1, 0.15) is 0 Å². The van der Waals surface area contributed by atoms with Crippen LogP contribution in [-0.2, 0) is 0 Å². The highest BCUT2D eigenvalue weighted by molar-refractivity contribution is 5.31. The van der Waals surface area contributed by atoms with Gasteiger partial charge in [0, 0.05) is 67.5 Å². The summed E-state index contributed by atoms with van der Waals surface area (Å²) in [7, 11) is 0. The highest BCUT2D eigenvalue weighted by atomic mass is 16.7. The van der Waals surface area contributed by atoms with E-state index in [9.17, 15) is 0 Å². The van der Waals surface area contributed by atoms with Gasteiger partial charge >= 0.3 is 0 Å². The highest BCUT2D eigenvalue weighted by Gasteiger charge is 2.20. The summed E-state index contributed by atoms with van der Waals surface area (Å²) in [6.07, 6.45) is 20.0. The number of benzene rings is 2. The van der Waals surface area contributed by atoms with Crippen molar-refractivity contribution in [2.75, 3.05) is 0 Å². The predicted molar refractivity (Wildman–Crippen MR) is 196 cm³/mol. The molecule has 0 saturated carbocycles. The summed E-state index contributed by atoms with van der Waals surface area (Å²) in [6.45, 7) is 9.08. The zero-order valence-corrected chi connectivity index (χ0v) is 30.4. The molecule has 2 aromatic carbocycles. The lowest BCUT2D eigenvalue weighted by Crippen LogP contribution is -2.39. The van der Waals surface area contributed by atoms with Crippen molar-refractivity contribution in [2.45, 2.75) is 77.0 Å². The van der Waals surface area contributed by atoms with Gasteiger partial charge in [-0.1, -0.05) is 27.7 Å². The second-order valence-corrected chi connectivity index (χ2v) is 13.8. The van der Waals surface area contributed by atoms with Crippen LogP contribution >= 0.6 is 0 Å². The minimum absolute atomic E-state index is 0.377. The van der Waals surface area contributed by atoms with Gasteiger partial charge in [-0.3, -0.25) is 0 Å². The molecule has 0 fully saturated rings. The van der Waals surface area contributed by atoms with Crippen molar-refractivity contribution in [3.05, 3.63) is 169 Å². The number of pyridine rings is 4. The van der Waals surface area contributed by atoms with Crippen LogP contribution in [0.25, 0.3) is 0 Å². The topological polar surface area (TPSA) is 52.4 Å². The van der Waals surface area contributed by atoms with E-state index in [0.717, 1.165) is 48.7 Å². The molecule has 12 bridgehead atoms. The van der Waals surface area contributed by atoms with Gasteiger partial charge in [-0.2, -0.15) is 0 Å². The second-order valence-electron chi connectivity index (χ2n) is 13.8. The lowest BCUT2D eigenvalue weighted by molar-refractivity contribution is -0.876. The molecular formula is C44H48N4O4+4. The third kappa shape index (κ3) is 8.57. The van der Waals surface area contributed by atoms with E-state index in [2.05, 4.69) is 76.2 Å². The Kier molecular flexibility index (Phi) is 10.7. The van der Waals surface area contributed by atoms with E-state index in [0.29, 0.717) is 23.7 Å². The molecule has 10 aliphatic rings. The van der Waals surface area contributed by atoms with Gasteiger partial charge in [0.25, 0.3) is 0 Å². The molecule has 8 nitrogen and oxygen atoms in total. The molecule has 4 unspecified atom stereocenters. The molecule has 6 aromatic rings. The van der Waals surface area contributed by atoms with Crippen LogP contribution in [0.5, 0.6) is 23.0 Å². The Labute approximate surface area is 306 Å². The zero-order chi connectivity index (χ0) is 35.9. The monoisotopic (exact) mass is 696 g/mol. The fourth-order valence-electron chi connectivity index (χ4n) is 6.95. The van der Waals surface area contributed by atoms with E-state index in [4.69, 9.17) is 19.4 Å². The number of hydrogen-bond acceptors (Lipinski definition) is 4. The Morgan fingerprint density at radius 1 is 0.385 bits per heavy atom. The third-order valence-corrected chi connectivity index (χ3v) is 10.1. The Bertz CT molecular complexity index is 1870. The van der Waals surface area contributed by atoms with Crippen molar-refractivity contribution < 1.29 is 38.3 Å². The van der Waals surface area contributed by atoms with Crippen LogP contribution < -0.4 is 38.3 Å². The van der Waals surface area contributed by atoms with Crippen LogP contribution in [0.1, 0.15) is 99.3 Å². The number of aromatic nitrogens is 4. The minimum Gasteiger partial charge on any atom is -0.232 e. The molecule has 8 heteroatoms. The van der Waals surface area contributed by atoms with Crippen LogP contribution in [0, 0.1) is 0 Å². The standard InChI is InChI=1S/C44H48N4O4/c1-5-35-31-33(3)37-15-23-45(24-16-37)49-41-9-13-44(14-10-41)52-48-29-21-40(22-30-48)36(6-2)32-34(4)38-17-25-46(26-18-38)50-42-7-11-43(12-8-42)51-47-27-19-39(35)20-28-47/h7-30,33-36H,5-6,31-32H2,1-4H3/q+4. The van der Waals surface area contributed by atoms with Gasteiger partial charge < -0.3 is 0 Å². The van der Waals surface area contributed by atoms with Crippen molar-refractivity contribution in [1.29, 1.82) is 0 Å². The fraction of sp³-hybridized carbons (Fsp3) is 0.273. The average Bonchev–Trinajstić information content (AvgIpc) is 3.18. The van der Waals surface area contributed by atoms with E-state index in [1.165, 1.54) is 22.3 Å². The van der Waals surface area contributed by atoms with Crippen molar-refractivity contribution in [1.82, 2.24) is 0 Å². The Morgan fingerprint density at radius 2 is 0.615 bits per heavy atom. The first-order valence-electron chi connectivity index (χ1n) is 18.4. The molecule has 10 aliphatic heterocycles. The van der Waals surface area contributed by atoms with E-state index >= 15 is 0 Å².